The Morgan fingerprint density at radius 3 is 2.73 bits per heavy atom. The van der Waals surface area contributed by atoms with Crippen molar-refractivity contribution in [1.82, 2.24) is 10.2 Å². The van der Waals surface area contributed by atoms with E-state index < -0.39 is 29.5 Å². The largest absolute Gasteiger partial charge is 0.394 e. The average molecular weight is 415 g/mol. The molecule has 1 aromatic carbocycles. The van der Waals surface area contributed by atoms with Crippen LogP contribution in [0.2, 0.25) is 0 Å². The quantitative estimate of drug-likeness (QED) is 0.658. The first-order valence-electron chi connectivity index (χ1n) is 10.5. The SMILES string of the molecule is CNC(=O)[C@@H]1[C@H]2C(=O)N([C@H](C)CO)C(C(=O)Nc3cc(C)ccc3C)C23CC[C@H]1O3. The first-order valence-corrected chi connectivity index (χ1v) is 10.5. The Morgan fingerprint density at radius 1 is 1.33 bits per heavy atom. The number of amides is 3. The van der Waals surface area contributed by atoms with Gasteiger partial charge < -0.3 is 25.4 Å². The number of likely N-dealkylation sites (tertiary alicyclic amines) is 1. The lowest BCUT2D eigenvalue weighted by molar-refractivity contribution is -0.143. The zero-order valence-corrected chi connectivity index (χ0v) is 17.8. The molecule has 8 nitrogen and oxygen atoms in total. The molecule has 3 heterocycles. The first kappa shape index (κ1) is 20.8. The maximum Gasteiger partial charge on any atom is 0.250 e. The summed E-state index contributed by atoms with van der Waals surface area (Å²) in [7, 11) is 1.54. The van der Waals surface area contributed by atoms with Crippen molar-refractivity contribution in [2.24, 2.45) is 11.8 Å². The van der Waals surface area contributed by atoms with Crippen LogP contribution >= 0.6 is 0 Å². The molecule has 30 heavy (non-hydrogen) atoms. The van der Waals surface area contributed by atoms with Gasteiger partial charge in [0.05, 0.1) is 30.6 Å². The highest BCUT2D eigenvalue weighted by atomic mass is 16.5. The number of aryl methyl sites for hydroxylation is 2. The molecule has 3 aliphatic rings. The van der Waals surface area contributed by atoms with Crippen LogP contribution < -0.4 is 10.6 Å². The van der Waals surface area contributed by atoms with E-state index in [0.29, 0.717) is 18.5 Å². The van der Waals surface area contributed by atoms with Crippen molar-refractivity contribution in [3.8, 4) is 0 Å². The predicted octanol–water partition coefficient (Wildman–Crippen LogP) is 0.743. The smallest absolute Gasteiger partial charge is 0.250 e. The van der Waals surface area contributed by atoms with E-state index in [2.05, 4.69) is 10.6 Å². The van der Waals surface area contributed by atoms with Crippen molar-refractivity contribution >= 4 is 23.4 Å². The number of rotatable bonds is 5. The molecule has 6 atom stereocenters. The molecule has 2 unspecified atom stereocenters. The summed E-state index contributed by atoms with van der Waals surface area (Å²) in [5, 5.41) is 15.4. The number of ether oxygens (including phenoxy) is 1. The molecule has 4 rings (SSSR count). The molecule has 3 N–H and O–H groups in total. The molecule has 3 fully saturated rings. The lowest BCUT2D eigenvalue weighted by atomic mass is 9.70. The monoisotopic (exact) mass is 415 g/mol. The number of benzene rings is 1. The number of hydrogen-bond acceptors (Lipinski definition) is 5. The molecule has 1 spiro atoms. The number of nitrogens with zero attached hydrogens (tertiary/aromatic N) is 1. The van der Waals surface area contributed by atoms with Gasteiger partial charge in [0.15, 0.2) is 0 Å². The minimum atomic E-state index is -1.05. The molecule has 2 bridgehead atoms. The number of anilines is 1. The highest BCUT2D eigenvalue weighted by Crippen LogP contribution is 2.58. The maximum absolute atomic E-state index is 13.6. The summed E-state index contributed by atoms with van der Waals surface area (Å²) in [6, 6.07) is 4.31. The molecule has 3 amide bonds. The molecular weight excluding hydrogens is 386 g/mol. The van der Waals surface area contributed by atoms with Crippen LogP contribution in [-0.2, 0) is 19.1 Å². The molecule has 3 aliphatic heterocycles. The van der Waals surface area contributed by atoms with Gasteiger partial charge in [0.25, 0.3) is 0 Å². The third-order valence-electron chi connectivity index (χ3n) is 6.93. The zero-order chi connectivity index (χ0) is 21.8. The number of nitrogens with one attached hydrogen (secondary N) is 2. The number of hydrogen-bond donors (Lipinski definition) is 3. The van der Waals surface area contributed by atoms with E-state index in [4.69, 9.17) is 4.74 Å². The summed E-state index contributed by atoms with van der Waals surface area (Å²) in [6.45, 7) is 5.27. The lowest BCUT2D eigenvalue weighted by Crippen LogP contribution is -2.55. The van der Waals surface area contributed by atoms with Crippen molar-refractivity contribution in [2.45, 2.75) is 57.4 Å². The molecule has 8 heteroatoms. The summed E-state index contributed by atoms with van der Waals surface area (Å²) in [5.41, 5.74) is 1.55. The van der Waals surface area contributed by atoms with Gasteiger partial charge in [-0.1, -0.05) is 12.1 Å². The fourth-order valence-corrected chi connectivity index (χ4v) is 5.49. The van der Waals surface area contributed by atoms with E-state index >= 15 is 0 Å². The van der Waals surface area contributed by atoms with Crippen LogP contribution in [0.3, 0.4) is 0 Å². The zero-order valence-electron chi connectivity index (χ0n) is 17.8. The van der Waals surface area contributed by atoms with Crippen molar-refractivity contribution < 1.29 is 24.2 Å². The van der Waals surface area contributed by atoms with E-state index in [-0.39, 0.29) is 30.4 Å². The summed E-state index contributed by atoms with van der Waals surface area (Å²) < 4.78 is 6.27. The third kappa shape index (κ3) is 2.85. The molecule has 162 valence electrons. The van der Waals surface area contributed by atoms with Crippen LogP contribution in [0.25, 0.3) is 0 Å². The van der Waals surface area contributed by atoms with E-state index in [9.17, 15) is 19.5 Å². The van der Waals surface area contributed by atoms with E-state index in [1.54, 1.807) is 14.0 Å². The summed E-state index contributed by atoms with van der Waals surface area (Å²) in [4.78, 5) is 41.0. The van der Waals surface area contributed by atoms with Crippen molar-refractivity contribution in [1.29, 1.82) is 0 Å². The Balaban J connectivity index is 1.74. The predicted molar refractivity (Wildman–Crippen MR) is 110 cm³/mol. The third-order valence-corrected chi connectivity index (χ3v) is 6.93. The van der Waals surface area contributed by atoms with E-state index in [1.165, 1.54) is 4.90 Å². The number of carbonyl (C=O) groups excluding carboxylic acids is 3. The number of carbonyl (C=O) groups is 3. The topological polar surface area (TPSA) is 108 Å². The Hall–Kier alpha value is -2.45. The van der Waals surface area contributed by atoms with Gasteiger partial charge in [-0.2, -0.15) is 0 Å². The van der Waals surface area contributed by atoms with Gasteiger partial charge in [0.1, 0.15) is 11.6 Å². The second-order valence-corrected chi connectivity index (χ2v) is 8.75. The van der Waals surface area contributed by atoms with E-state index in [0.717, 1.165) is 11.1 Å². The fraction of sp³-hybridized carbons (Fsp3) is 0.591. The van der Waals surface area contributed by atoms with Gasteiger partial charge in [0.2, 0.25) is 17.7 Å². The minimum absolute atomic E-state index is 0.243. The standard InChI is InChI=1S/C22H29N3O5/c1-11-5-6-12(2)14(9-11)24-20(28)18-22-8-7-15(30-22)16(19(27)23-4)17(22)21(29)25(18)13(3)10-26/h5-6,9,13,15-18,26H,7-8,10H2,1-4H3,(H,23,27)(H,24,28)/t13-,15-,16+,17+,18?,22?/m1/s1. The lowest BCUT2D eigenvalue weighted by Gasteiger charge is -2.35. The number of aliphatic hydroxyl groups is 1. The average Bonchev–Trinajstić information content (AvgIpc) is 3.36. The van der Waals surface area contributed by atoms with Crippen molar-refractivity contribution in [3.05, 3.63) is 29.3 Å². The van der Waals surface area contributed by atoms with Gasteiger partial charge in [-0.05, 0) is 50.8 Å². The normalized spacial score (nSPS) is 32.8. The Labute approximate surface area is 176 Å². The second kappa shape index (κ2) is 7.35. The summed E-state index contributed by atoms with van der Waals surface area (Å²) >= 11 is 0. The fourth-order valence-electron chi connectivity index (χ4n) is 5.49. The molecular formula is C22H29N3O5. The van der Waals surface area contributed by atoms with Crippen LogP contribution in [-0.4, -0.2) is 65.2 Å². The molecule has 1 aromatic rings. The summed E-state index contributed by atoms with van der Waals surface area (Å²) in [5.74, 6) is -2.23. The Bertz CT molecular complexity index is 903. The van der Waals surface area contributed by atoms with Crippen molar-refractivity contribution in [3.63, 3.8) is 0 Å². The number of fused-ring (bicyclic) bond motifs is 1. The molecule has 0 radical (unpaired) electrons. The first-order chi connectivity index (χ1) is 14.2. The van der Waals surface area contributed by atoms with Gasteiger partial charge >= 0.3 is 0 Å². The van der Waals surface area contributed by atoms with Crippen molar-refractivity contribution in [2.75, 3.05) is 19.0 Å². The highest BCUT2D eigenvalue weighted by Gasteiger charge is 2.74. The highest BCUT2D eigenvalue weighted by molar-refractivity contribution is 6.04. The molecule has 0 aromatic heterocycles. The Kier molecular flexibility index (Phi) is 5.10. The van der Waals surface area contributed by atoms with Crippen LogP contribution in [0.1, 0.15) is 30.9 Å². The van der Waals surface area contributed by atoms with Crippen LogP contribution in [0.5, 0.6) is 0 Å². The van der Waals surface area contributed by atoms with Gasteiger partial charge in [-0.3, -0.25) is 14.4 Å². The molecule has 3 saturated heterocycles. The van der Waals surface area contributed by atoms with Crippen LogP contribution in [0.15, 0.2) is 18.2 Å². The molecule has 0 aliphatic carbocycles. The van der Waals surface area contributed by atoms with Crippen LogP contribution in [0, 0.1) is 25.7 Å². The van der Waals surface area contributed by atoms with E-state index in [1.807, 2.05) is 32.0 Å². The van der Waals surface area contributed by atoms with Gasteiger partial charge in [-0.15, -0.1) is 0 Å². The second-order valence-electron chi connectivity index (χ2n) is 8.75. The number of aliphatic hydroxyl groups excluding tert-OH is 1. The van der Waals surface area contributed by atoms with Gasteiger partial charge in [0, 0.05) is 12.7 Å². The van der Waals surface area contributed by atoms with Gasteiger partial charge in [-0.25, -0.2) is 0 Å². The summed E-state index contributed by atoms with van der Waals surface area (Å²) in [6.07, 6.45) is 0.777. The maximum atomic E-state index is 13.6. The Morgan fingerprint density at radius 2 is 2.07 bits per heavy atom. The minimum Gasteiger partial charge on any atom is -0.394 e. The molecule has 0 saturated carbocycles. The van der Waals surface area contributed by atoms with Crippen LogP contribution in [0.4, 0.5) is 5.69 Å².